The van der Waals surface area contributed by atoms with E-state index in [2.05, 4.69) is 15.2 Å². The largest absolute Gasteiger partial charge is 0.508 e. The zero-order valence-corrected chi connectivity index (χ0v) is 10.8. The number of fused-ring (bicyclic) bond motifs is 1. The number of benzene rings is 1. The summed E-state index contributed by atoms with van der Waals surface area (Å²) in [4.78, 5) is 17.7. The van der Waals surface area contributed by atoms with Crippen LogP contribution in [0.5, 0.6) is 0 Å². The van der Waals surface area contributed by atoms with Gasteiger partial charge in [-0.25, -0.2) is 4.98 Å². The molecule has 1 atom stereocenters. The molecular weight excluding hydrogens is 270 g/mol. The highest BCUT2D eigenvalue weighted by Gasteiger charge is 2.35. The maximum Gasteiger partial charge on any atom is 0.256 e. The van der Waals surface area contributed by atoms with Gasteiger partial charge in [0.05, 0.1) is 18.0 Å². The first-order chi connectivity index (χ1) is 10.2. The third-order valence-electron chi connectivity index (χ3n) is 3.53. The van der Waals surface area contributed by atoms with E-state index in [-0.39, 0.29) is 11.7 Å². The molecule has 1 aromatic carbocycles. The van der Waals surface area contributed by atoms with Gasteiger partial charge in [-0.1, -0.05) is 0 Å². The van der Waals surface area contributed by atoms with E-state index in [0.29, 0.717) is 5.69 Å². The van der Waals surface area contributed by atoms with Crippen LogP contribution in [0.25, 0.3) is 10.9 Å². The standard InChI is InChI=1S/C14H11N5O2/c20-12-6-13(21)19(14(12)18-4-3-15-8-18)10-2-1-9-7-16-17-11(9)5-10/h1-8,14,20H,(H,16,17). The molecule has 3 aromatic rings. The normalized spacial score (nSPS) is 18.5. The fourth-order valence-electron chi connectivity index (χ4n) is 2.57. The Morgan fingerprint density at radius 1 is 1.33 bits per heavy atom. The third kappa shape index (κ3) is 1.71. The molecule has 0 fully saturated rings. The van der Waals surface area contributed by atoms with E-state index < -0.39 is 6.17 Å². The number of nitrogens with one attached hydrogen (secondary N) is 1. The Kier molecular flexibility index (Phi) is 2.34. The lowest BCUT2D eigenvalue weighted by molar-refractivity contribution is -0.114. The van der Waals surface area contributed by atoms with Gasteiger partial charge in [0.25, 0.3) is 5.91 Å². The second kappa shape index (κ2) is 4.20. The Morgan fingerprint density at radius 2 is 2.24 bits per heavy atom. The minimum absolute atomic E-state index is 0.0114. The van der Waals surface area contributed by atoms with Crippen LogP contribution >= 0.6 is 0 Å². The van der Waals surface area contributed by atoms with Crippen LogP contribution in [0.1, 0.15) is 6.17 Å². The Balaban J connectivity index is 1.83. The number of imidazole rings is 1. The maximum atomic E-state index is 12.2. The van der Waals surface area contributed by atoms with Crippen LogP contribution in [0.2, 0.25) is 0 Å². The average molecular weight is 281 g/mol. The number of aromatic amines is 1. The van der Waals surface area contributed by atoms with Crippen molar-refractivity contribution >= 4 is 22.5 Å². The number of aromatic nitrogens is 4. The summed E-state index contributed by atoms with van der Waals surface area (Å²) in [6.45, 7) is 0. The van der Waals surface area contributed by atoms with E-state index in [0.717, 1.165) is 10.9 Å². The van der Waals surface area contributed by atoms with E-state index in [1.165, 1.54) is 11.0 Å². The minimum atomic E-state index is -0.611. The van der Waals surface area contributed by atoms with Crippen LogP contribution in [-0.2, 0) is 4.79 Å². The summed E-state index contributed by atoms with van der Waals surface area (Å²) >= 11 is 0. The first-order valence-corrected chi connectivity index (χ1v) is 6.38. The minimum Gasteiger partial charge on any atom is -0.508 e. The van der Waals surface area contributed by atoms with Crippen LogP contribution < -0.4 is 4.90 Å². The van der Waals surface area contributed by atoms with Gasteiger partial charge in [0, 0.05) is 29.5 Å². The van der Waals surface area contributed by atoms with Crippen molar-refractivity contribution in [3.8, 4) is 0 Å². The summed E-state index contributed by atoms with van der Waals surface area (Å²) in [5, 5.41) is 17.9. The zero-order valence-electron chi connectivity index (χ0n) is 10.8. The Hall–Kier alpha value is -3.09. The molecule has 1 amide bonds. The highest BCUT2D eigenvalue weighted by atomic mass is 16.3. The Bertz CT molecular complexity index is 849. The number of nitrogens with zero attached hydrogens (tertiary/aromatic N) is 4. The van der Waals surface area contributed by atoms with E-state index in [1.54, 1.807) is 29.5 Å². The molecule has 0 bridgehead atoms. The van der Waals surface area contributed by atoms with Crippen LogP contribution in [0.15, 0.2) is 55.0 Å². The van der Waals surface area contributed by atoms with Gasteiger partial charge in [0.1, 0.15) is 5.76 Å². The zero-order chi connectivity index (χ0) is 14.4. The highest BCUT2D eigenvalue weighted by molar-refractivity contribution is 6.05. The number of aliphatic hydroxyl groups excluding tert-OH is 1. The quantitative estimate of drug-likeness (QED) is 0.749. The Morgan fingerprint density at radius 3 is 3.05 bits per heavy atom. The number of hydrogen-bond donors (Lipinski definition) is 2. The number of amides is 1. The maximum absolute atomic E-state index is 12.2. The predicted molar refractivity (Wildman–Crippen MR) is 75.6 cm³/mol. The Labute approximate surface area is 119 Å². The van der Waals surface area contributed by atoms with Gasteiger partial charge in [0.2, 0.25) is 0 Å². The molecular formula is C14H11N5O2. The lowest BCUT2D eigenvalue weighted by Gasteiger charge is -2.26. The topological polar surface area (TPSA) is 87.0 Å². The van der Waals surface area contributed by atoms with Crippen molar-refractivity contribution in [1.82, 2.24) is 19.7 Å². The molecule has 7 nitrogen and oxygen atoms in total. The van der Waals surface area contributed by atoms with E-state index >= 15 is 0 Å². The van der Waals surface area contributed by atoms with Gasteiger partial charge in [-0.3, -0.25) is 14.8 Å². The number of carbonyl (C=O) groups is 1. The number of aliphatic hydroxyl groups is 1. The van der Waals surface area contributed by atoms with Crippen LogP contribution in [-0.4, -0.2) is 30.8 Å². The smallest absolute Gasteiger partial charge is 0.256 e. The van der Waals surface area contributed by atoms with Crippen molar-refractivity contribution < 1.29 is 9.90 Å². The molecule has 0 aliphatic carbocycles. The molecule has 104 valence electrons. The number of anilines is 1. The molecule has 4 rings (SSSR count). The summed E-state index contributed by atoms with van der Waals surface area (Å²) in [5.41, 5.74) is 1.51. The fraction of sp³-hybridized carbons (Fsp3) is 0.0714. The molecule has 2 aromatic heterocycles. The van der Waals surface area contributed by atoms with Gasteiger partial charge in [-0.15, -0.1) is 0 Å². The van der Waals surface area contributed by atoms with E-state index in [4.69, 9.17) is 0 Å². The summed E-state index contributed by atoms with van der Waals surface area (Å²) in [6.07, 6.45) is 7.20. The van der Waals surface area contributed by atoms with Gasteiger partial charge in [0.15, 0.2) is 6.17 Å². The molecule has 21 heavy (non-hydrogen) atoms. The van der Waals surface area contributed by atoms with Gasteiger partial charge in [-0.05, 0) is 18.2 Å². The van der Waals surface area contributed by atoms with Crippen molar-refractivity contribution in [1.29, 1.82) is 0 Å². The van der Waals surface area contributed by atoms with Crippen LogP contribution in [0, 0.1) is 0 Å². The monoisotopic (exact) mass is 281 g/mol. The van der Waals surface area contributed by atoms with Gasteiger partial charge >= 0.3 is 0 Å². The summed E-state index contributed by atoms with van der Waals surface area (Å²) < 4.78 is 1.67. The number of H-pyrrole nitrogens is 1. The molecule has 0 saturated carbocycles. The third-order valence-corrected chi connectivity index (χ3v) is 3.53. The van der Waals surface area contributed by atoms with Gasteiger partial charge < -0.3 is 9.67 Å². The van der Waals surface area contributed by atoms with Crippen molar-refractivity contribution in [2.45, 2.75) is 6.17 Å². The SMILES string of the molecule is O=C1C=C(O)C(n2ccnc2)N1c1ccc2cn[nH]c2c1. The lowest BCUT2D eigenvalue weighted by atomic mass is 10.2. The van der Waals surface area contributed by atoms with Gasteiger partial charge in [-0.2, -0.15) is 5.10 Å². The number of carbonyl (C=O) groups excluding carboxylic acids is 1. The molecule has 0 spiro atoms. The molecule has 7 heteroatoms. The van der Waals surface area contributed by atoms with Crippen molar-refractivity contribution in [2.24, 2.45) is 0 Å². The van der Waals surface area contributed by atoms with Crippen molar-refractivity contribution in [2.75, 3.05) is 4.90 Å². The lowest BCUT2D eigenvalue weighted by Crippen LogP contribution is -2.32. The van der Waals surface area contributed by atoms with Crippen LogP contribution in [0.4, 0.5) is 5.69 Å². The second-order valence-corrected chi connectivity index (χ2v) is 4.80. The van der Waals surface area contributed by atoms with Crippen molar-refractivity contribution in [3.63, 3.8) is 0 Å². The van der Waals surface area contributed by atoms with E-state index in [1.807, 2.05) is 18.2 Å². The molecule has 1 aliphatic heterocycles. The first kappa shape index (κ1) is 11.7. The van der Waals surface area contributed by atoms with Crippen molar-refractivity contribution in [3.05, 3.63) is 55.0 Å². The molecule has 1 unspecified atom stereocenters. The highest BCUT2D eigenvalue weighted by Crippen LogP contribution is 2.33. The molecule has 2 N–H and O–H groups in total. The molecule has 0 radical (unpaired) electrons. The molecule has 1 aliphatic rings. The average Bonchev–Trinajstić information content (AvgIpc) is 3.17. The molecule has 3 heterocycles. The summed E-state index contributed by atoms with van der Waals surface area (Å²) in [7, 11) is 0. The van der Waals surface area contributed by atoms with Crippen LogP contribution in [0.3, 0.4) is 0 Å². The summed E-state index contributed by atoms with van der Waals surface area (Å²) in [5.74, 6) is -0.284. The second-order valence-electron chi connectivity index (χ2n) is 4.80. The first-order valence-electron chi connectivity index (χ1n) is 6.38. The predicted octanol–water partition coefficient (Wildman–Crippen LogP) is 1.75. The fourth-order valence-corrected chi connectivity index (χ4v) is 2.57. The van der Waals surface area contributed by atoms with E-state index in [9.17, 15) is 9.90 Å². The molecule has 0 saturated heterocycles. The summed E-state index contributed by atoms with van der Waals surface area (Å²) in [6, 6.07) is 5.53. The number of hydrogen-bond acceptors (Lipinski definition) is 4. The number of rotatable bonds is 2.